The highest BCUT2D eigenvalue weighted by Crippen LogP contribution is 2.07. The minimum Gasteiger partial charge on any atom is -0.444 e. The van der Waals surface area contributed by atoms with Crippen LogP contribution in [0.1, 0.15) is 72.5 Å². The van der Waals surface area contributed by atoms with E-state index in [0.717, 1.165) is 63.5 Å². The fraction of sp³-hybridized carbons (Fsp3) is 0.773. The van der Waals surface area contributed by atoms with Gasteiger partial charge in [0.05, 0.1) is 0 Å². The molecule has 1 heterocycles. The minimum absolute atomic E-state index is 0.101. The van der Waals surface area contributed by atoms with Crippen LogP contribution < -0.4 is 16.0 Å². The van der Waals surface area contributed by atoms with Crippen LogP contribution in [0.25, 0.3) is 0 Å². The van der Waals surface area contributed by atoms with E-state index in [9.17, 15) is 4.79 Å². The van der Waals surface area contributed by atoms with Crippen molar-refractivity contribution in [3.63, 3.8) is 0 Å². The lowest BCUT2D eigenvalue weighted by Gasteiger charge is -2.24. The Kier molecular flexibility index (Phi) is 11.9. The van der Waals surface area contributed by atoms with Gasteiger partial charge in [0.25, 0.3) is 0 Å². The predicted molar refractivity (Wildman–Crippen MR) is 123 cm³/mol. The predicted octanol–water partition coefficient (Wildman–Crippen LogP) is 3.61. The van der Waals surface area contributed by atoms with Crippen molar-refractivity contribution in [1.29, 1.82) is 0 Å². The molecule has 30 heavy (non-hydrogen) atoms. The number of nitrogens with one attached hydrogen (secondary N) is 3. The van der Waals surface area contributed by atoms with Crippen LogP contribution in [0, 0.1) is 6.92 Å². The normalized spacial score (nSPS) is 13.1. The highest BCUT2D eigenvalue weighted by molar-refractivity contribution is 5.80. The van der Waals surface area contributed by atoms with Crippen molar-refractivity contribution in [2.75, 3.05) is 19.6 Å². The number of rotatable bonds is 12. The first-order valence-corrected chi connectivity index (χ1v) is 11.2. The lowest BCUT2D eigenvalue weighted by Crippen LogP contribution is -2.49. The number of nitrogens with zero attached hydrogens (tertiary/aromatic N) is 3. The molecule has 1 atom stereocenters. The molecule has 0 aliphatic carbocycles. The van der Waals surface area contributed by atoms with Crippen molar-refractivity contribution in [3.8, 4) is 0 Å². The van der Waals surface area contributed by atoms with Gasteiger partial charge in [-0.25, -0.2) is 9.78 Å². The number of carbonyl (C=O) groups excluding carboxylic acids is 1. The fourth-order valence-corrected chi connectivity index (χ4v) is 2.93. The summed E-state index contributed by atoms with van der Waals surface area (Å²) in [6, 6.07) is 0.101. The highest BCUT2D eigenvalue weighted by Gasteiger charge is 2.18. The first-order chi connectivity index (χ1) is 14.2. The number of aromatic nitrogens is 2. The molecule has 0 radical (unpaired) electrons. The number of carbonyl (C=O) groups is 1. The Morgan fingerprint density at radius 3 is 2.60 bits per heavy atom. The Morgan fingerprint density at radius 2 is 2.00 bits per heavy atom. The number of aryl methyl sites for hydroxylation is 2. The smallest absolute Gasteiger partial charge is 0.407 e. The maximum atomic E-state index is 12.0. The Balaban J connectivity index is 2.52. The number of ether oxygens (including phenoxy) is 1. The number of guanidine groups is 1. The van der Waals surface area contributed by atoms with Crippen LogP contribution in [0.3, 0.4) is 0 Å². The quantitative estimate of drug-likeness (QED) is 0.272. The van der Waals surface area contributed by atoms with Gasteiger partial charge in [-0.1, -0.05) is 19.8 Å². The van der Waals surface area contributed by atoms with Gasteiger partial charge in [-0.05, 0) is 53.9 Å². The van der Waals surface area contributed by atoms with Gasteiger partial charge in [-0.3, -0.25) is 4.99 Å². The Bertz CT molecular complexity index is 636. The van der Waals surface area contributed by atoms with E-state index in [1.54, 1.807) is 0 Å². The second-order valence-electron chi connectivity index (χ2n) is 8.50. The number of aliphatic imine (C=N–C) groups is 1. The van der Waals surface area contributed by atoms with Gasteiger partial charge in [0.15, 0.2) is 5.96 Å². The molecule has 1 aromatic rings. The average molecular weight is 423 g/mol. The lowest BCUT2D eigenvalue weighted by atomic mass is 10.1. The molecule has 8 nitrogen and oxygen atoms in total. The molecule has 172 valence electrons. The van der Waals surface area contributed by atoms with E-state index in [-0.39, 0.29) is 12.1 Å². The van der Waals surface area contributed by atoms with Crippen molar-refractivity contribution in [1.82, 2.24) is 25.5 Å². The molecule has 0 saturated carbocycles. The SMILES string of the molecule is CCCCC(CNC(=O)OC(C)(C)C)NC(=NCCCCn1ccnc1C)NCC. The number of unbranched alkanes of at least 4 members (excludes halogenated alkanes) is 2. The van der Waals surface area contributed by atoms with Gasteiger partial charge in [-0.2, -0.15) is 0 Å². The third kappa shape index (κ3) is 11.7. The van der Waals surface area contributed by atoms with E-state index >= 15 is 0 Å². The van der Waals surface area contributed by atoms with Crippen molar-refractivity contribution >= 4 is 12.1 Å². The highest BCUT2D eigenvalue weighted by atomic mass is 16.6. The van der Waals surface area contributed by atoms with Gasteiger partial charge in [0.2, 0.25) is 0 Å². The molecular weight excluding hydrogens is 380 g/mol. The molecule has 0 saturated heterocycles. The van der Waals surface area contributed by atoms with Crippen LogP contribution in [0.5, 0.6) is 0 Å². The van der Waals surface area contributed by atoms with E-state index in [4.69, 9.17) is 9.73 Å². The summed E-state index contributed by atoms with van der Waals surface area (Å²) in [6.45, 7) is 14.8. The van der Waals surface area contributed by atoms with Gasteiger partial charge < -0.3 is 25.3 Å². The molecule has 1 rings (SSSR count). The number of imidazole rings is 1. The van der Waals surface area contributed by atoms with Crippen molar-refractivity contribution in [2.45, 2.75) is 91.8 Å². The third-order valence-electron chi connectivity index (χ3n) is 4.48. The van der Waals surface area contributed by atoms with Gasteiger partial charge in [-0.15, -0.1) is 0 Å². The van der Waals surface area contributed by atoms with E-state index in [1.165, 1.54) is 0 Å². The molecule has 0 bridgehead atoms. The third-order valence-corrected chi connectivity index (χ3v) is 4.48. The first-order valence-electron chi connectivity index (χ1n) is 11.2. The van der Waals surface area contributed by atoms with Crippen molar-refractivity contribution in [2.24, 2.45) is 4.99 Å². The van der Waals surface area contributed by atoms with Crippen LogP contribution >= 0.6 is 0 Å². The van der Waals surface area contributed by atoms with Crippen LogP contribution in [0.4, 0.5) is 4.79 Å². The second-order valence-corrected chi connectivity index (χ2v) is 8.50. The molecule has 8 heteroatoms. The zero-order chi connectivity index (χ0) is 22.4. The number of hydrogen-bond donors (Lipinski definition) is 3. The molecule has 1 aromatic heterocycles. The molecular formula is C22H42N6O2. The van der Waals surface area contributed by atoms with E-state index < -0.39 is 5.60 Å². The topological polar surface area (TPSA) is 92.6 Å². The van der Waals surface area contributed by atoms with Gasteiger partial charge in [0, 0.05) is 44.6 Å². The van der Waals surface area contributed by atoms with E-state index in [2.05, 4.69) is 39.3 Å². The lowest BCUT2D eigenvalue weighted by molar-refractivity contribution is 0.0522. The summed E-state index contributed by atoms with van der Waals surface area (Å²) >= 11 is 0. The van der Waals surface area contributed by atoms with Crippen LogP contribution in [0.2, 0.25) is 0 Å². The maximum absolute atomic E-state index is 12.0. The zero-order valence-corrected chi connectivity index (χ0v) is 19.8. The number of hydrogen-bond acceptors (Lipinski definition) is 4. The summed E-state index contributed by atoms with van der Waals surface area (Å²) in [7, 11) is 0. The fourth-order valence-electron chi connectivity index (χ4n) is 2.93. The van der Waals surface area contributed by atoms with Crippen molar-refractivity contribution in [3.05, 3.63) is 18.2 Å². The monoisotopic (exact) mass is 422 g/mol. The molecule has 1 unspecified atom stereocenters. The molecule has 0 fully saturated rings. The molecule has 0 aliphatic heterocycles. The summed E-state index contributed by atoms with van der Waals surface area (Å²) in [5.74, 6) is 1.84. The summed E-state index contributed by atoms with van der Waals surface area (Å²) in [6.07, 6.45) is 8.66. The first kappa shape index (κ1) is 25.8. The van der Waals surface area contributed by atoms with Crippen LogP contribution in [-0.2, 0) is 11.3 Å². The van der Waals surface area contributed by atoms with Gasteiger partial charge in [0.1, 0.15) is 11.4 Å². The average Bonchev–Trinajstić information content (AvgIpc) is 3.07. The number of amides is 1. The number of alkyl carbamates (subject to hydrolysis) is 1. The molecule has 3 N–H and O–H groups in total. The molecule has 0 aromatic carbocycles. The molecule has 0 aliphatic rings. The molecule has 0 spiro atoms. The standard InChI is InChI=1S/C22H42N6O2/c1-7-9-12-19(17-26-21(29)30-22(4,5)6)27-20(23-8-2)25-13-10-11-15-28-16-14-24-18(28)3/h14,16,19H,7-13,15,17H2,1-6H3,(H,26,29)(H2,23,25,27). The second kappa shape index (κ2) is 13.9. The Hall–Kier alpha value is -2.25. The zero-order valence-electron chi connectivity index (χ0n) is 19.8. The minimum atomic E-state index is -0.498. The van der Waals surface area contributed by atoms with Crippen molar-refractivity contribution < 1.29 is 9.53 Å². The summed E-state index contributed by atoms with van der Waals surface area (Å²) < 4.78 is 7.51. The summed E-state index contributed by atoms with van der Waals surface area (Å²) in [4.78, 5) is 21.0. The summed E-state index contributed by atoms with van der Waals surface area (Å²) in [5.41, 5.74) is -0.498. The molecule has 1 amide bonds. The maximum Gasteiger partial charge on any atom is 0.407 e. The summed E-state index contributed by atoms with van der Waals surface area (Å²) in [5, 5.41) is 9.66. The largest absolute Gasteiger partial charge is 0.444 e. The van der Waals surface area contributed by atoms with Crippen LogP contribution in [-0.4, -0.2) is 52.9 Å². The van der Waals surface area contributed by atoms with Crippen LogP contribution in [0.15, 0.2) is 17.4 Å². The Labute approximate surface area is 182 Å². The van der Waals surface area contributed by atoms with E-state index in [0.29, 0.717) is 6.54 Å². The Morgan fingerprint density at radius 1 is 1.23 bits per heavy atom. The van der Waals surface area contributed by atoms with E-state index in [1.807, 2.05) is 40.1 Å². The van der Waals surface area contributed by atoms with Gasteiger partial charge >= 0.3 is 6.09 Å².